The lowest BCUT2D eigenvalue weighted by atomic mass is 10.1. The Bertz CT molecular complexity index is 988. The van der Waals surface area contributed by atoms with Gasteiger partial charge in [-0.1, -0.05) is 23.7 Å². The maximum Gasteiger partial charge on any atom is 0.239 e. The molecule has 6 nitrogen and oxygen atoms in total. The summed E-state index contributed by atoms with van der Waals surface area (Å²) in [5.74, 6) is 1.02. The van der Waals surface area contributed by atoms with Gasteiger partial charge >= 0.3 is 0 Å². The molecule has 144 valence electrons. The lowest BCUT2D eigenvalue weighted by Crippen LogP contribution is -2.58. The third-order valence-electron chi connectivity index (χ3n) is 5.67. The van der Waals surface area contributed by atoms with E-state index in [0.717, 1.165) is 67.3 Å². The average molecular weight is 396 g/mol. The zero-order valence-electron chi connectivity index (χ0n) is 15.5. The predicted octanol–water partition coefficient (Wildman–Crippen LogP) is 2.89. The minimum Gasteiger partial charge on any atom is -0.368 e. The number of nitrogens with one attached hydrogen (secondary N) is 2. The van der Waals surface area contributed by atoms with Crippen LogP contribution in [0, 0.1) is 0 Å². The molecule has 7 heteroatoms. The van der Waals surface area contributed by atoms with Gasteiger partial charge in [-0.2, -0.15) is 0 Å². The molecule has 28 heavy (non-hydrogen) atoms. The predicted molar refractivity (Wildman–Crippen MR) is 112 cm³/mol. The van der Waals surface area contributed by atoms with E-state index in [4.69, 9.17) is 11.6 Å². The Morgan fingerprint density at radius 3 is 2.61 bits per heavy atom. The fourth-order valence-electron chi connectivity index (χ4n) is 3.88. The number of carbonyl (C=O) groups is 1. The summed E-state index contributed by atoms with van der Waals surface area (Å²) >= 11 is 6.48. The molecule has 0 saturated carbocycles. The molecule has 1 aromatic heterocycles. The number of hydrogen-bond acceptors (Lipinski definition) is 4. The molecule has 3 aromatic rings. The topological polar surface area (TPSA) is 64.3 Å². The molecule has 2 fully saturated rings. The molecule has 5 rings (SSSR count). The standard InChI is InChI=1S/C21H22ClN5O/c22-16-6-5-14(13-15(16)20-24-17-3-1-2-4-18(17)25-20)26-9-11-27(12-10-26)21(28)19-7-8-23-19/h1-6,13,19,23H,7-12H2,(H,24,25)/t19-/m0/s1. The number of halogens is 1. The zero-order chi connectivity index (χ0) is 19.1. The highest BCUT2D eigenvalue weighted by Gasteiger charge is 2.31. The average Bonchev–Trinajstić information content (AvgIpc) is 3.11. The molecule has 1 atom stereocenters. The van der Waals surface area contributed by atoms with Crippen LogP contribution in [-0.2, 0) is 4.79 Å². The highest BCUT2D eigenvalue weighted by Crippen LogP contribution is 2.32. The number of imidazole rings is 1. The lowest BCUT2D eigenvalue weighted by molar-refractivity contribution is -0.135. The Morgan fingerprint density at radius 1 is 1.11 bits per heavy atom. The molecular formula is C21H22ClN5O. The number of aromatic amines is 1. The number of anilines is 1. The number of hydrogen-bond donors (Lipinski definition) is 2. The smallest absolute Gasteiger partial charge is 0.239 e. The Labute approximate surface area is 168 Å². The van der Waals surface area contributed by atoms with Gasteiger partial charge in [0.1, 0.15) is 5.82 Å². The van der Waals surface area contributed by atoms with Crippen LogP contribution in [0.25, 0.3) is 22.4 Å². The zero-order valence-corrected chi connectivity index (χ0v) is 16.2. The minimum atomic E-state index is 0.0294. The quantitative estimate of drug-likeness (QED) is 0.715. The molecule has 2 aliphatic rings. The van der Waals surface area contributed by atoms with Crippen molar-refractivity contribution in [3.05, 3.63) is 47.5 Å². The monoisotopic (exact) mass is 395 g/mol. The molecule has 0 unspecified atom stereocenters. The van der Waals surface area contributed by atoms with Gasteiger partial charge in [-0.3, -0.25) is 4.79 Å². The first-order valence-electron chi connectivity index (χ1n) is 9.71. The van der Waals surface area contributed by atoms with E-state index in [9.17, 15) is 4.79 Å². The summed E-state index contributed by atoms with van der Waals surface area (Å²) in [6, 6.07) is 14.0. The molecule has 3 heterocycles. The fraction of sp³-hybridized carbons (Fsp3) is 0.333. The van der Waals surface area contributed by atoms with Crippen LogP contribution in [0.1, 0.15) is 6.42 Å². The molecule has 2 N–H and O–H groups in total. The van der Waals surface area contributed by atoms with Gasteiger partial charge in [-0.05, 0) is 43.3 Å². The molecule has 2 aromatic carbocycles. The van der Waals surface area contributed by atoms with Crippen LogP contribution in [0.3, 0.4) is 0 Å². The Morgan fingerprint density at radius 2 is 1.89 bits per heavy atom. The van der Waals surface area contributed by atoms with Crippen LogP contribution < -0.4 is 10.2 Å². The van der Waals surface area contributed by atoms with Gasteiger partial charge in [0.2, 0.25) is 5.91 Å². The van der Waals surface area contributed by atoms with E-state index in [1.54, 1.807) is 0 Å². The van der Waals surface area contributed by atoms with Crippen molar-refractivity contribution in [2.75, 3.05) is 37.6 Å². The van der Waals surface area contributed by atoms with Gasteiger partial charge in [0.15, 0.2) is 0 Å². The van der Waals surface area contributed by atoms with Crippen LogP contribution in [0.15, 0.2) is 42.5 Å². The van der Waals surface area contributed by atoms with E-state index in [2.05, 4.69) is 26.3 Å². The number of para-hydroxylation sites is 2. The number of rotatable bonds is 3. The largest absolute Gasteiger partial charge is 0.368 e. The van der Waals surface area contributed by atoms with Crippen LogP contribution >= 0.6 is 11.6 Å². The minimum absolute atomic E-state index is 0.0294. The van der Waals surface area contributed by atoms with Crippen LogP contribution in [-0.4, -0.2) is 59.5 Å². The molecule has 0 radical (unpaired) electrons. The van der Waals surface area contributed by atoms with E-state index >= 15 is 0 Å². The van der Waals surface area contributed by atoms with Gasteiger partial charge in [0.25, 0.3) is 0 Å². The summed E-state index contributed by atoms with van der Waals surface area (Å²) in [6.07, 6.45) is 0.955. The van der Waals surface area contributed by atoms with Gasteiger partial charge in [-0.25, -0.2) is 4.98 Å². The summed E-state index contributed by atoms with van der Waals surface area (Å²) in [5.41, 5.74) is 3.92. The highest BCUT2D eigenvalue weighted by atomic mass is 35.5. The number of carbonyl (C=O) groups excluding carboxylic acids is 1. The first-order chi connectivity index (χ1) is 13.7. The lowest BCUT2D eigenvalue weighted by Gasteiger charge is -2.39. The van der Waals surface area contributed by atoms with Gasteiger partial charge in [0, 0.05) is 37.4 Å². The van der Waals surface area contributed by atoms with E-state index in [1.165, 1.54) is 0 Å². The maximum absolute atomic E-state index is 12.4. The van der Waals surface area contributed by atoms with E-state index in [0.29, 0.717) is 5.02 Å². The third kappa shape index (κ3) is 3.12. The second kappa shape index (κ2) is 7.11. The van der Waals surface area contributed by atoms with Gasteiger partial charge in [-0.15, -0.1) is 0 Å². The van der Waals surface area contributed by atoms with Crippen molar-refractivity contribution >= 4 is 34.2 Å². The Hall–Kier alpha value is -2.57. The molecule has 2 saturated heterocycles. The maximum atomic E-state index is 12.4. The van der Waals surface area contributed by atoms with Crippen LogP contribution in [0.4, 0.5) is 5.69 Å². The van der Waals surface area contributed by atoms with Crippen molar-refractivity contribution in [1.82, 2.24) is 20.2 Å². The summed E-state index contributed by atoms with van der Waals surface area (Å²) < 4.78 is 0. The molecule has 1 amide bonds. The summed E-state index contributed by atoms with van der Waals surface area (Å²) in [6.45, 7) is 4.09. The molecule has 0 aliphatic carbocycles. The molecular weight excluding hydrogens is 374 g/mol. The SMILES string of the molecule is O=C([C@@H]1CCN1)N1CCN(c2ccc(Cl)c(-c3nc4ccccc4[nH]3)c2)CC1. The van der Waals surface area contributed by atoms with Crippen LogP contribution in [0.2, 0.25) is 5.02 Å². The van der Waals surface area contributed by atoms with Gasteiger partial charge in [0.05, 0.1) is 22.1 Å². The third-order valence-corrected chi connectivity index (χ3v) is 6.00. The number of fused-ring (bicyclic) bond motifs is 1. The van der Waals surface area contributed by atoms with E-state index in [1.807, 2.05) is 41.3 Å². The second-order valence-electron chi connectivity index (χ2n) is 7.37. The number of H-pyrrole nitrogens is 1. The molecule has 2 aliphatic heterocycles. The van der Waals surface area contributed by atoms with Crippen molar-refractivity contribution in [2.45, 2.75) is 12.5 Å². The number of amides is 1. The normalized spacial score (nSPS) is 19.7. The van der Waals surface area contributed by atoms with Crippen molar-refractivity contribution in [3.8, 4) is 11.4 Å². The fourth-order valence-corrected chi connectivity index (χ4v) is 4.08. The van der Waals surface area contributed by atoms with Crippen molar-refractivity contribution in [1.29, 1.82) is 0 Å². The van der Waals surface area contributed by atoms with Crippen molar-refractivity contribution in [3.63, 3.8) is 0 Å². The first-order valence-corrected chi connectivity index (χ1v) is 10.1. The summed E-state index contributed by atoms with van der Waals surface area (Å²) in [7, 11) is 0. The molecule has 0 bridgehead atoms. The molecule has 0 spiro atoms. The number of piperazine rings is 1. The Balaban J connectivity index is 1.35. The first kappa shape index (κ1) is 17.5. The number of benzene rings is 2. The number of nitrogens with zero attached hydrogens (tertiary/aromatic N) is 3. The second-order valence-corrected chi connectivity index (χ2v) is 7.78. The van der Waals surface area contributed by atoms with E-state index < -0.39 is 0 Å². The van der Waals surface area contributed by atoms with Gasteiger partial charge < -0.3 is 20.1 Å². The summed E-state index contributed by atoms with van der Waals surface area (Å²) in [5, 5.41) is 3.87. The summed E-state index contributed by atoms with van der Waals surface area (Å²) in [4.78, 5) is 24.7. The van der Waals surface area contributed by atoms with Crippen LogP contribution in [0.5, 0.6) is 0 Å². The highest BCUT2D eigenvalue weighted by molar-refractivity contribution is 6.33. The number of aromatic nitrogens is 2. The Kier molecular flexibility index (Phi) is 4.45. The van der Waals surface area contributed by atoms with Crippen molar-refractivity contribution in [2.24, 2.45) is 0 Å². The van der Waals surface area contributed by atoms with E-state index in [-0.39, 0.29) is 11.9 Å². The van der Waals surface area contributed by atoms with Crippen molar-refractivity contribution < 1.29 is 4.79 Å².